The first-order chi connectivity index (χ1) is 13.3. The summed E-state index contributed by atoms with van der Waals surface area (Å²) in [5.74, 6) is 0.195. The van der Waals surface area contributed by atoms with E-state index >= 15 is 0 Å². The minimum Gasteiger partial charge on any atom is -0.315 e. The molecule has 3 aromatic rings. The van der Waals surface area contributed by atoms with Crippen molar-refractivity contribution in [2.24, 2.45) is 0 Å². The zero-order valence-corrected chi connectivity index (χ0v) is 16.9. The summed E-state index contributed by atoms with van der Waals surface area (Å²) in [7, 11) is -4.05. The van der Waals surface area contributed by atoms with E-state index in [0.29, 0.717) is 28.8 Å². The third-order valence-electron chi connectivity index (χ3n) is 4.23. The normalized spacial score (nSPS) is 14.7. The maximum atomic E-state index is 14.2. The van der Waals surface area contributed by atoms with Crippen LogP contribution in [0.25, 0.3) is 0 Å². The molecule has 2 aromatic heterocycles. The first-order valence-electron chi connectivity index (χ1n) is 8.20. The minimum atomic E-state index is -4.05. The van der Waals surface area contributed by atoms with Crippen molar-refractivity contribution in [3.63, 3.8) is 0 Å². The van der Waals surface area contributed by atoms with Crippen LogP contribution in [0.3, 0.4) is 0 Å². The van der Waals surface area contributed by atoms with Gasteiger partial charge in [-0.3, -0.25) is 0 Å². The summed E-state index contributed by atoms with van der Waals surface area (Å²) in [4.78, 5) is 12.3. The number of nitrogens with zero attached hydrogens (tertiary/aromatic N) is 5. The minimum absolute atomic E-state index is 0.0146. The number of aryl methyl sites for hydroxylation is 1. The highest BCUT2D eigenvalue weighted by molar-refractivity contribution is 7.89. The highest BCUT2D eigenvalue weighted by Gasteiger charge is 2.32. The number of benzene rings is 1. The van der Waals surface area contributed by atoms with Gasteiger partial charge < -0.3 is 5.32 Å². The second-order valence-electron chi connectivity index (χ2n) is 6.08. The van der Waals surface area contributed by atoms with Crippen molar-refractivity contribution in [1.82, 2.24) is 23.6 Å². The number of anilines is 2. The van der Waals surface area contributed by atoms with Crippen LogP contribution < -0.4 is 5.32 Å². The van der Waals surface area contributed by atoms with E-state index in [9.17, 15) is 12.8 Å². The molecule has 0 amide bonds. The predicted octanol–water partition coefficient (Wildman–Crippen LogP) is 2.92. The third kappa shape index (κ3) is 3.58. The molecule has 1 aromatic carbocycles. The first-order valence-corrected chi connectivity index (χ1v) is 10.8. The van der Waals surface area contributed by atoms with Crippen LogP contribution in [-0.2, 0) is 23.0 Å². The molecular formula is C16H14ClFN6O2S2. The average molecular weight is 441 g/mol. The lowest BCUT2D eigenvalue weighted by Gasteiger charge is -2.28. The Morgan fingerprint density at radius 2 is 2.14 bits per heavy atom. The molecule has 0 bridgehead atoms. The number of nitrogens with one attached hydrogen (secondary N) is 1. The molecule has 146 valence electrons. The molecule has 8 nitrogen and oxygen atoms in total. The molecule has 3 heterocycles. The molecule has 0 unspecified atom stereocenters. The molecule has 0 saturated carbocycles. The van der Waals surface area contributed by atoms with E-state index in [0.717, 1.165) is 11.8 Å². The van der Waals surface area contributed by atoms with Gasteiger partial charge in [0.25, 0.3) is 0 Å². The number of sulfonamides is 1. The molecule has 1 aliphatic rings. The second-order valence-corrected chi connectivity index (χ2v) is 9.18. The second kappa shape index (κ2) is 7.32. The van der Waals surface area contributed by atoms with Crippen molar-refractivity contribution >= 4 is 44.1 Å². The van der Waals surface area contributed by atoms with Crippen LogP contribution in [0.2, 0.25) is 5.02 Å². The van der Waals surface area contributed by atoms with Crippen LogP contribution in [0.5, 0.6) is 0 Å². The Morgan fingerprint density at radius 1 is 1.32 bits per heavy atom. The Hall–Kier alpha value is -2.21. The summed E-state index contributed by atoms with van der Waals surface area (Å²) in [6.45, 7) is 1.97. The van der Waals surface area contributed by atoms with Crippen molar-refractivity contribution in [2.45, 2.75) is 24.8 Å². The molecule has 0 radical (unpaired) electrons. The van der Waals surface area contributed by atoms with E-state index in [1.54, 1.807) is 6.92 Å². The molecular weight excluding hydrogens is 427 g/mol. The van der Waals surface area contributed by atoms with Gasteiger partial charge in [0.2, 0.25) is 15.2 Å². The van der Waals surface area contributed by atoms with E-state index in [1.165, 1.54) is 34.3 Å². The third-order valence-corrected chi connectivity index (χ3v) is 7.07. The average Bonchev–Trinajstić information content (AvgIpc) is 3.06. The topological polar surface area (TPSA) is 101 Å². The van der Waals surface area contributed by atoms with Gasteiger partial charge in [-0.15, -0.1) is 0 Å². The largest absolute Gasteiger partial charge is 0.315 e. The summed E-state index contributed by atoms with van der Waals surface area (Å²) >= 11 is 6.91. The Bertz CT molecular complexity index is 1150. The molecule has 0 fully saturated rings. The van der Waals surface area contributed by atoms with Crippen molar-refractivity contribution in [1.29, 1.82) is 0 Å². The molecule has 0 saturated heterocycles. The molecule has 4 rings (SSSR count). The number of rotatable bonds is 4. The number of aromatic nitrogens is 4. The SMILES string of the molecule is Cc1nsc(Nc2ncnc3c2CN(S(=O)(=O)c2ccc(Cl)cc2F)CC3)n1. The van der Waals surface area contributed by atoms with Gasteiger partial charge in [-0.05, 0) is 25.1 Å². The van der Waals surface area contributed by atoms with Crippen LogP contribution in [-0.4, -0.2) is 38.6 Å². The van der Waals surface area contributed by atoms with Crippen molar-refractivity contribution in [3.05, 3.63) is 52.4 Å². The quantitative estimate of drug-likeness (QED) is 0.665. The summed E-state index contributed by atoms with van der Waals surface area (Å²) in [6, 6.07) is 3.51. The monoisotopic (exact) mass is 440 g/mol. The maximum Gasteiger partial charge on any atom is 0.246 e. The molecule has 28 heavy (non-hydrogen) atoms. The van der Waals surface area contributed by atoms with Gasteiger partial charge >= 0.3 is 0 Å². The van der Waals surface area contributed by atoms with E-state index in [1.807, 2.05) is 0 Å². The summed E-state index contributed by atoms with van der Waals surface area (Å²) in [6.07, 6.45) is 1.80. The van der Waals surface area contributed by atoms with E-state index < -0.39 is 20.7 Å². The van der Waals surface area contributed by atoms with Crippen molar-refractivity contribution in [3.8, 4) is 0 Å². The van der Waals surface area contributed by atoms with Crippen LogP contribution >= 0.6 is 23.1 Å². The van der Waals surface area contributed by atoms with Gasteiger partial charge in [0.05, 0.1) is 5.69 Å². The van der Waals surface area contributed by atoms with Crippen LogP contribution in [0, 0.1) is 12.7 Å². The highest BCUT2D eigenvalue weighted by atomic mass is 35.5. The van der Waals surface area contributed by atoms with Crippen LogP contribution in [0.1, 0.15) is 17.1 Å². The Kier molecular flexibility index (Phi) is 5.00. The first kappa shape index (κ1) is 19.1. The number of hydrogen-bond acceptors (Lipinski definition) is 8. The summed E-state index contributed by atoms with van der Waals surface area (Å²) in [5, 5.41) is 3.74. The Morgan fingerprint density at radius 3 is 2.86 bits per heavy atom. The van der Waals surface area contributed by atoms with Gasteiger partial charge in [-0.1, -0.05) is 11.6 Å². The standard InChI is InChI=1S/C16H14ClFN6O2S2/c1-9-21-16(27-23-9)22-15-11-7-24(5-4-13(11)19-8-20-15)28(25,26)14-3-2-10(17)6-12(14)18/h2-3,6,8H,4-5,7H2,1H3,(H,19,20,21,22,23). The molecule has 12 heteroatoms. The van der Waals surface area contributed by atoms with E-state index in [4.69, 9.17) is 11.6 Å². The van der Waals surface area contributed by atoms with Crippen LogP contribution in [0.15, 0.2) is 29.4 Å². The lowest BCUT2D eigenvalue weighted by Crippen LogP contribution is -2.37. The van der Waals surface area contributed by atoms with E-state index in [2.05, 4.69) is 24.6 Å². The fraction of sp³-hybridized carbons (Fsp3) is 0.250. The number of hydrogen-bond donors (Lipinski definition) is 1. The molecule has 0 aliphatic carbocycles. The zero-order chi connectivity index (χ0) is 19.9. The molecule has 0 atom stereocenters. The lowest BCUT2D eigenvalue weighted by molar-refractivity contribution is 0.385. The maximum absolute atomic E-state index is 14.2. The Balaban J connectivity index is 1.67. The molecule has 0 spiro atoms. The number of fused-ring (bicyclic) bond motifs is 1. The predicted molar refractivity (Wildman–Crippen MR) is 103 cm³/mol. The number of halogens is 2. The lowest BCUT2D eigenvalue weighted by atomic mass is 10.1. The summed E-state index contributed by atoms with van der Waals surface area (Å²) in [5.41, 5.74) is 1.36. The summed E-state index contributed by atoms with van der Waals surface area (Å²) < 4.78 is 45.5. The van der Waals surface area contributed by atoms with Crippen molar-refractivity contribution in [2.75, 3.05) is 11.9 Å². The smallest absolute Gasteiger partial charge is 0.246 e. The fourth-order valence-corrected chi connectivity index (χ4v) is 5.09. The van der Waals surface area contributed by atoms with Gasteiger partial charge in [0.1, 0.15) is 28.7 Å². The van der Waals surface area contributed by atoms with Crippen LogP contribution in [0.4, 0.5) is 15.3 Å². The van der Waals surface area contributed by atoms with E-state index in [-0.39, 0.29) is 18.1 Å². The molecule has 1 N–H and O–H groups in total. The van der Waals surface area contributed by atoms with Gasteiger partial charge in [-0.2, -0.15) is 8.68 Å². The van der Waals surface area contributed by atoms with Gasteiger partial charge in [0, 0.05) is 41.6 Å². The molecule has 1 aliphatic heterocycles. The van der Waals surface area contributed by atoms with Crippen molar-refractivity contribution < 1.29 is 12.8 Å². The highest BCUT2D eigenvalue weighted by Crippen LogP contribution is 2.30. The van der Waals surface area contributed by atoms with Gasteiger partial charge in [0.15, 0.2) is 0 Å². The zero-order valence-electron chi connectivity index (χ0n) is 14.6. The van der Waals surface area contributed by atoms with Gasteiger partial charge in [-0.25, -0.2) is 27.8 Å². The Labute approximate surface area is 169 Å². The fourth-order valence-electron chi connectivity index (χ4n) is 2.90.